The van der Waals surface area contributed by atoms with Crippen molar-refractivity contribution in [3.8, 4) is 28.4 Å². The van der Waals surface area contributed by atoms with Crippen molar-refractivity contribution in [2.45, 2.75) is 45.3 Å². The van der Waals surface area contributed by atoms with Gasteiger partial charge in [0.15, 0.2) is 5.78 Å². The van der Waals surface area contributed by atoms with Gasteiger partial charge in [-0.15, -0.1) is 0 Å². The van der Waals surface area contributed by atoms with Crippen LogP contribution in [0.15, 0.2) is 30.3 Å². The molecular formula is C23H27NO4. The van der Waals surface area contributed by atoms with Crippen LogP contribution in [-0.2, 0) is 0 Å². The average Bonchev–Trinajstić information content (AvgIpc) is 3.02. The summed E-state index contributed by atoms with van der Waals surface area (Å²) in [7, 11) is 1.62. The smallest absolute Gasteiger partial charge is 0.194 e. The highest BCUT2D eigenvalue weighted by Gasteiger charge is 2.34. The number of hydrogen-bond acceptors (Lipinski definition) is 5. The molecule has 4 rings (SSSR count). The second kappa shape index (κ2) is 7.84. The molecule has 1 saturated heterocycles. The quantitative estimate of drug-likeness (QED) is 0.693. The molecule has 28 heavy (non-hydrogen) atoms. The topological polar surface area (TPSA) is 56.8 Å². The van der Waals surface area contributed by atoms with Crippen molar-refractivity contribution in [3.05, 3.63) is 41.5 Å². The van der Waals surface area contributed by atoms with E-state index in [0.29, 0.717) is 35.3 Å². The van der Waals surface area contributed by atoms with E-state index in [1.54, 1.807) is 13.2 Å². The number of ether oxygens (including phenoxy) is 3. The third kappa shape index (κ3) is 3.24. The van der Waals surface area contributed by atoms with Crippen molar-refractivity contribution in [2.75, 3.05) is 20.3 Å². The van der Waals surface area contributed by atoms with Crippen molar-refractivity contribution in [1.82, 2.24) is 5.32 Å². The molecule has 2 aromatic rings. The van der Waals surface area contributed by atoms with Crippen LogP contribution in [0.1, 0.15) is 49.0 Å². The van der Waals surface area contributed by atoms with E-state index in [1.807, 2.05) is 31.2 Å². The third-order valence-corrected chi connectivity index (χ3v) is 5.60. The van der Waals surface area contributed by atoms with Crippen molar-refractivity contribution in [2.24, 2.45) is 0 Å². The second-order valence-electron chi connectivity index (χ2n) is 7.37. The number of benzene rings is 2. The van der Waals surface area contributed by atoms with Gasteiger partial charge < -0.3 is 19.5 Å². The molecule has 0 bridgehead atoms. The summed E-state index contributed by atoms with van der Waals surface area (Å²) < 4.78 is 17.6. The van der Waals surface area contributed by atoms with Gasteiger partial charge in [-0.1, -0.05) is 18.6 Å². The van der Waals surface area contributed by atoms with Crippen LogP contribution in [0.25, 0.3) is 11.1 Å². The first-order valence-electron chi connectivity index (χ1n) is 10.1. The van der Waals surface area contributed by atoms with E-state index in [1.165, 1.54) is 12.8 Å². The summed E-state index contributed by atoms with van der Waals surface area (Å²) in [6.07, 6.45) is 3.55. The summed E-state index contributed by atoms with van der Waals surface area (Å²) in [5.41, 5.74) is 2.89. The molecule has 5 heteroatoms. The maximum Gasteiger partial charge on any atom is 0.194 e. The molecule has 0 radical (unpaired) electrons. The number of fused-ring (bicyclic) bond motifs is 3. The molecule has 148 valence electrons. The molecule has 1 aliphatic heterocycles. The van der Waals surface area contributed by atoms with Gasteiger partial charge in [-0.25, -0.2) is 0 Å². The van der Waals surface area contributed by atoms with E-state index < -0.39 is 0 Å². The maximum absolute atomic E-state index is 13.1. The van der Waals surface area contributed by atoms with Gasteiger partial charge in [0.25, 0.3) is 0 Å². The number of rotatable bonds is 6. The summed E-state index contributed by atoms with van der Waals surface area (Å²) >= 11 is 0. The summed E-state index contributed by atoms with van der Waals surface area (Å²) in [6.45, 7) is 5.57. The lowest BCUT2D eigenvalue weighted by atomic mass is 10.00. The second-order valence-corrected chi connectivity index (χ2v) is 7.37. The minimum Gasteiger partial charge on any atom is -0.496 e. The molecule has 0 saturated carbocycles. The number of hydrogen-bond donors (Lipinski definition) is 1. The first-order valence-corrected chi connectivity index (χ1v) is 10.1. The van der Waals surface area contributed by atoms with E-state index >= 15 is 0 Å². The standard InChI is InChI=1S/C23H27NO4/c1-4-27-15-12-17-22(20(13-15)26-3)21-16(23(17)25)8-7-10-19(21)28-14(2)18-9-5-6-11-24-18/h7-8,10,12-14,18,24H,4-6,9,11H2,1-3H3. The summed E-state index contributed by atoms with van der Waals surface area (Å²) in [6, 6.07) is 9.65. The van der Waals surface area contributed by atoms with Crippen LogP contribution < -0.4 is 19.5 Å². The predicted octanol–water partition coefficient (Wildman–Crippen LogP) is 4.21. The van der Waals surface area contributed by atoms with Crippen LogP contribution in [0.3, 0.4) is 0 Å². The number of methoxy groups -OCH3 is 1. The van der Waals surface area contributed by atoms with Gasteiger partial charge in [-0.2, -0.15) is 0 Å². The predicted molar refractivity (Wildman–Crippen MR) is 109 cm³/mol. The lowest BCUT2D eigenvalue weighted by Crippen LogP contribution is -2.44. The Kier molecular flexibility index (Phi) is 5.27. The normalized spacial score (nSPS) is 19.0. The lowest BCUT2D eigenvalue weighted by Gasteiger charge is -2.30. The van der Waals surface area contributed by atoms with E-state index in [-0.39, 0.29) is 11.9 Å². The van der Waals surface area contributed by atoms with E-state index in [2.05, 4.69) is 12.2 Å². The van der Waals surface area contributed by atoms with Crippen LogP contribution >= 0.6 is 0 Å². The Labute approximate surface area is 166 Å². The Balaban J connectivity index is 1.75. The molecule has 1 heterocycles. The molecule has 0 amide bonds. The van der Waals surface area contributed by atoms with E-state index in [9.17, 15) is 4.79 Å². The Morgan fingerprint density at radius 3 is 2.68 bits per heavy atom. The molecule has 5 nitrogen and oxygen atoms in total. The van der Waals surface area contributed by atoms with Crippen LogP contribution in [0.4, 0.5) is 0 Å². The van der Waals surface area contributed by atoms with E-state index in [4.69, 9.17) is 14.2 Å². The molecule has 1 aliphatic carbocycles. The SMILES string of the molecule is CCOc1cc(OC)c2c(c1)C(=O)c1cccc(OC(C)C3CCCCN3)c1-2. The fourth-order valence-corrected chi connectivity index (χ4v) is 4.22. The highest BCUT2D eigenvalue weighted by Crippen LogP contribution is 2.49. The van der Waals surface area contributed by atoms with Crippen LogP contribution in [-0.4, -0.2) is 38.2 Å². The van der Waals surface area contributed by atoms with Crippen molar-refractivity contribution in [1.29, 1.82) is 0 Å². The van der Waals surface area contributed by atoms with Crippen LogP contribution in [0.2, 0.25) is 0 Å². The molecular weight excluding hydrogens is 354 g/mol. The van der Waals surface area contributed by atoms with Gasteiger partial charge in [0.2, 0.25) is 0 Å². The molecule has 1 N–H and O–H groups in total. The first kappa shape index (κ1) is 18.8. The van der Waals surface area contributed by atoms with Crippen LogP contribution in [0.5, 0.6) is 17.2 Å². The van der Waals surface area contributed by atoms with Gasteiger partial charge >= 0.3 is 0 Å². The molecule has 0 spiro atoms. The van der Waals surface area contributed by atoms with Gasteiger partial charge in [-0.3, -0.25) is 4.79 Å². The Bertz CT molecular complexity index is 886. The Morgan fingerprint density at radius 2 is 1.96 bits per heavy atom. The maximum atomic E-state index is 13.1. The van der Waals surface area contributed by atoms with Crippen LogP contribution in [0, 0.1) is 0 Å². The molecule has 2 unspecified atom stereocenters. The van der Waals surface area contributed by atoms with Gasteiger partial charge in [-0.05, 0) is 45.4 Å². The Hall–Kier alpha value is -2.53. The Morgan fingerprint density at radius 1 is 1.14 bits per heavy atom. The van der Waals surface area contributed by atoms with Crippen molar-refractivity contribution in [3.63, 3.8) is 0 Å². The molecule has 0 aromatic heterocycles. The van der Waals surface area contributed by atoms with Gasteiger partial charge in [0, 0.05) is 34.4 Å². The zero-order valence-corrected chi connectivity index (χ0v) is 16.7. The molecule has 2 atom stereocenters. The number of carbonyl (C=O) groups is 1. The first-order chi connectivity index (χ1) is 13.6. The zero-order chi connectivity index (χ0) is 19.7. The van der Waals surface area contributed by atoms with Crippen molar-refractivity contribution >= 4 is 5.78 Å². The lowest BCUT2D eigenvalue weighted by molar-refractivity contribution is 0.104. The minimum atomic E-state index is -0.0150. The molecule has 2 aromatic carbocycles. The van der Waals surface area contributed by atoms with Gasteiger partial charge in [0.1, 0.15) is 23.4 Å². The monoisotopic (exact) mass is 381 g/mol. The number of ketones is 1. The number of carbonyl (C=O) groups excluding carboxylic acids is 1. The largest absolute Gasteiger partial charge is 0.496 e. The third-order valence-electron chi connectivity index (χ3n) is 5.60. The summed E-state index contributed by atoms with van der Waals surface area (Å²) in [4.78, 5) is 13.1. The highest BCUT2D eigenvalue weighted by atomic mass is 16.5. The molecule has 1 fully saturated rings. The average molecular weight is 381 g/mol. The number of piperidine rings is 1. The highest BCUT2D eigenvalue weighted by molar-refractivity contribution is 6.23. The summed E-state index contributed by atoms with van der Waals surface area (Å²) in [5.74, 6) is 1.99. The fraction of sp³-hybridized carbons (Fsp3) is 0.435. The number of nitrogens with one attached hydrogen (secondary N) is 1. The fourth-order valence-electron chi connectivity index (χ4n) is 4.22. The molecule has 2 aliphatic rings. The zero-order valence-electron chi connectivity index (χ0n) is 16.7. The minimum absolute atomic E-state index is 0.0136. The van der Waals surface area contributed by atoms with Gasteiger partial charge in [0.05, 0.1) is 13.7 Å². The van der Waals surface area contributed by atoms with E-state index in [0.717, 1.165) is 29.8 Å². The van der Waals surface area contributed by atoms with Crippen molar-refractivity contribution < 1.29 is 19.0 Å². The summed E-state index contributed by atoms with van der Waals surface area (Å²) in [5, 5.41) is 3.55.